The molecule has 0 fully saturated rings. The Balaban J connectivity index is 3.03. The third kappa shape index (κ3) is 4.48. The van der Waals surface area contributed by atoms with E-state index in [0.29, 0.717) is 18.5 Å². The minimum absolute atomic E-state index is 0.154. The predicted octanol–water partition coefficient (Wildman–Crippen LogP) is 2.53. The molecule has 0 amide bonds. The summed E-state index contributed by atoms with van der Waals surface area (Å²) in [5, 5.41) is 12.2. The molecule has 0 atom stereocenters. The number of aliphatic hydroxyl groups is 1. The zero-order chi connectivity index (χ0) is 14.3. The van der Waals surface area contributed by atoms with E-state index in [2.05, 4.69) is 24.1 Å². The van der Waals surface area contributed by atoms with Crippen LogP contribution in [0.1, 0.15) is 32.8 Å². The van der Waals surface area contributed by atoms with Gasteiger partial charge in [-0.05, 0) is 38.9 Å². The molecular weight excluding hydrogens is 243 g/mol. The van der Waals surface area contributed by atoms with Crippen molar-refractivity contribution in [1.82, 2.24) is 5.32 Å². The molecule has 0 aliphatic heterocycles. The van der Waals surface area contributed by atoms with Crippen molar-refractivity contribution in [3.63, 3.8) is 0 Å². The number of nitrogens with one attached hydrogen (secondary N) is 1. The molecule has 0 aliphatic rings. The highest BCUT2D eigenvalue weighted by molar-refractivity contribution is 5.55. The molecule has 2 N–H and O–H groups in total. The van der Waals surface area contributed by atoms with Crippen LogP contribution in [0.5, 0.6) is 0 Å². The molecule has 108 valence electrons. The maximum absolute atomic E-state index is 14.0. The fraction of sp³-hybridized carbons (Fsp3) is 0.600. The van der Waals surface area contributed by atoms with Crippen molar-refractivity contribution in [2.75, 3.05) is 24.6 Å². The Hall–Kier alpha value is -1.13. The molecular formula is C15H25FN2O. The molecule has 4 heteroatoms. The monoisotopic (exact) mass is 268 g/mol. The summed E-state index contributed by atoms with van der Waals surface area (Å²) in [5.74, 6) is -0.173. The summed E-state index contributed by atoms with van der Waals surface area (Å²) in [5.41, 5.74) is 1.63. The van der Waals surface area contributed by atoms with Crippen LogP contribution in [0.25, 0.3) is 0 Å². The smallest absolute Gasteiger partial charge is 0.129 e. The number of nitrogens with zero attached hydrogens (tertiary/aromatic N) is 1. The third-order valence-electron chi connectivity index (χ3n) is 3.14. The normalized spacial score (nSPS) is 11.1. The molecule has 0 saturated heterocycles. The van der Waals surface area contributed by atoms with E-state index in [4.69, 9.17) is 5.11 Å². The first kappa shape index (κ1) is 15.9. The fourth-order valence-corrected chi connectivity index (χ4v) is 2.14. The second-order valence-corrected chi connectivity index (χ2v) is 4.88. The van der Waals surface area contributed by atoms with Gasteiger partial charge >= 0.3 is 0 Å². The summed E-state index contributed by atoms with van der Waals surface area (Å²) in [7, 11) is 0. The van der Waals surface area contributed by atoms with Gasteiger partial charge in [0.15, 0.2) is 0 Å². The molecule has 0 saturated carbocycles. The number of rotatable bonds is 8. The maximum atomic E-state index is 14.0. The van der Waals surface area contributed by atoms with E-state index in [1.54, 1.807) is 6.07 Å². The molecule has 1 rings (SSSR count). The molecule has 1 aromatic carbocycles. The number of hydrogen-bond donors (Lipinski definition) is 2. The Morgan fingerprint density at radius 3 is 2.68 bits per heavy atom. The minimum atomic E-state index is -0.173. The highest BCUT2D eigenvalue weighted by atomic mass is 19.1. The lowest BCUT2D eigenvalue weighted by atomic mass is 10.1. The molecule has 0 unspecified atom stereocenters. The third-order valence-corrected chi connectivity index (χ3v) is 3.14. The molecule has 0 radical (unpaired) electrons. The molecule has 0 spiro atoms. The number of benzene rings is 1. The Morgan fingerprint density at radius 2 is 2.11 bits per heavy atom. The summed E-state index contributed by atoms with van der Waals surface area (Å²) in [6.45, 7) is 8.40. The second kappa shape index (κ2) is 8.12. The van der Waals surface area contributed by atoms with Gasteiger partial charge in [-0.3, -0.25) is 0 Å². The van der Waals surface area contributed by atoms with Gasteiger partial charge in [0.1, 0.15) is 5.82 Å². The van der Waals surface area contributed by atoms with Crippen molar-refractivity contribution in [3.8, 4) is 0 Å². The van der Waals surface area contributed by atoms with Crippen molar-refractivity contribution < 1.29 is 9.50 Å². The zero-order valence-corrected chi connectivity index (χ0v) is 12.1. The van der Waals surface area contributed by atoms with E-state index in [1.807, 2.05) is 13.0 Å². The van der Waals surface area contributed by atoms with Crippen molar-refractivity contribution in [2.45, 2.75) is 39.8 Å². The molecule has 0 bridgehead atoms. The van der Waals surface area contributed by atoms with Crippen LogP contribution < -0.4 is 10.2 Å². The van der Waals surface area contributed by atoms with Crippen LogP contribution in [0.15, 0.2) is 18.2 Å². The summed E-state index contributed by atoms with van der Waals surface area (Å²) in [6, 6.07) is 5.47. The van der Waals surface area contributed by atoms with E-state index in [0.717, 1.165) is 18.8 Å². The SMILES string of the molecule is CCNCc1c(F)cccc1N(CCCO)C(C)C. The Kier molecular flexibility index (Phi) is 6.81. The van der Waals surface area contributed by atoms with Crippen LogP contribution in [0, 0.1) is 5.82 Å². The van der Waals surface area contributed by atoms with Crippen LogP contribution in [0.3, 0.4) is 0 Å². The van der Waals surface area contributed by atoms with Gasteiger partial charge in [-0.15, -0.1) is 0 Å². The molecule has 0 aliphatic carbocycles. The second-order valence-electron chi connectivity index (χ2n) is 4.88. The first-order valence-corrected chi connectivity index (χ1v) is 6.97. The average Bonchev–Trinajstić information content (AvgIpc) is 2.38. The summed E-state index contributed by atoms with van der Waals surface area (Å²) in [4.78, 5) is 2.14. The highest BCUT2D eigenvalue weighted by Crippen LogP contribution is 2.25. The van der Waals surface area contributed by atoms with Gasteiger partial charge in [0, 0.05) is 37.0 Å². The fourth-order valence-electron chi connectivity index (χ4n) is 2.14. The Bertz CT molecular complexity index is 382. The first-order valence-electron chi connectivity index (χ1n) is 6.97. The number of halogens is 1. The average molecular weight is 268 g/mol. The Morgan fingerprint density at radius 1 is 1.37 bits per heavy atom. The van der Waals surface area contributed by atoms with Gasteiger partial charge in [-0.1, -0.05) is 13.0 Å². The van der Waals surface area contributed by atoms with Gasteiger partial charge < -0.3 is 15.3 Å². The summed E-state index contributed by atoms with van der Waals surface area (Å²) in [6.07, 6.45) is 0.690. The molecule has 19 heavy (non-hydrogen) atoms. The van der Waals surface area contributed by atoms with Crippen molar-refractivity contribution >= 4 is 5.69 Å². The van der Waals surface area contributed by atoms with Crippen LogP contribution in [0.4, 0.5) is 10.1 Å². The predicted molar refractivity (Wildman–Crippen MR) is 78.0 cm³/mol. The number of hydrogen-bond acceptors (Lipinski definition) is 3. The standard InChI is InChI=1S/C15H25FN2O/c1-4-17-11-13-14(16)7-5-8-15(13)18(12(2)3)9-6-10-19/h5,7-8,12,17,19H,4,6,9-11H2,1-3H3. The van der Waals surface area contributed by atoms with Crippen LogP contribution in [-0.4, -0.2) is 30.8 Å². The molecule has 3 nitrogen and oxygen atoms in total. The van der Waals surface area contributed by atoms with Gasteiger partial charge in [-0.25, -0.2) is 4.39 Å². The number of aliphatic hydroxyl groups excluding tert-OH is 1. The first-order chi connectivity index (χ1) is 9.11. The maximum Gasteiger partial charge on any atom is 0.129 e. The van der Waals surface area contributed by atoms with Crippen molar-refractivity contribution in [2.24, 2.45) is 0 Å². The van der Waals surface area contributed by atoms with Crippen molar-refractivity contribution in [1.29, 1.82) is 0 Å². The molecule has 0 heterocycles. The van der Waals surface area contributed by atoms with Crippen LogP contribution >= 0.6 is 0 Å². The van der Waals surface area contributed by atoms with E-state index in [9.17, 15) is 4.39 Å². The highest BCUT2D eigenvalue weighted by Gasteiger charge is 2.16. The number of anilines is 1. The lowest BCUT2D eigenvalue weighted by Gasteiger charge is -2.31. The quantitative estimate of drug-likeness (QED) is 0.760. The topological polar surface area (TPSA) is 35.5 Å². The largest absolute Gasteiger partial charge is 0.396 e. The molecule has 0 aromatic heterocycles. The van der Waals surface area contributed by atoms with Gasteiger partial charge in [0.25, 0.3) is 0 Å². The minimum Gasteiger partial charge on any atom is -0.396 e. The Labute approximate surface area is 115 Å². The van der Waals surface area contributed by atoms with Gasteiger partial charge in [-0.2, -0.15) is 0 Å². The van der Waals surface area contributed by atoms with E-state index in [-0.39, 0.29) is 18.5 Å². The lowest BCUT2D eigenvalue weighted by Crippen LogP contribution is -2.33. The van der Waals surface area contributed by atoms with Gasteiger partial charge in [0.2, 0.25) is 0 Å². The lowest BCUT2D eigenvalue weighted by molar-refractivity contribution is 0.288. The molecule has 1 aromatic rings. The van der Waals surface area contributed by atoms with E-state index >= 15 is 0 Å². The van der Waals surface area contributed by atoms with E-state index < -0.39 is 0 Å². The zero-order valence-electron chi connectivity index (χ0n) is 12.1. The van der Waals surface area contributed by atoms with Crippen LogP contribution in [0.2, 0.25) is 0 Å². The van der Waals surface area contributed by atoms with E-state index in [1.165, 1.54) is 6.07 Å². The van der Waals surface area contributed by atoms with Crippen molar-refractivity contribution in [3.05, 3.63) is 29.6 Å². The van der Waals surface area contributed by atoms with Crippen LogP contribution in [-0.2, 0) is 6.54 Å². The summed E-state index contributed by atoms with van der Waals surface area (Å²) < 4.78 is 14.0. The van der Waals surface area contributed by atoms with Gasteiger partial charge in [0.05, 0.1) is 0 Å². The summed E-state index contributed by atoms with van der Waals surface area (Å²) >= 11 is 0.